The van der Waals surface area contributed by atoms with E-state index in [9.17, 15) is 14.4 Å². The second kappa shape index (κ2) is 5.60. The summed E-state index contributed by atoms with van der Waals surface area (Å²) in [5, 5.41) is 1.94. The highest BCUT2D eigenvalue weighted by atomic mass is 16.5. The Hall–Kier alpha value is -1.43. The monoisotopic (exact) mass is 228 g/mol. The zero-order valence-electron chi connectivity index (χ0n) is 9.49. The van der Waals surface area contributed by atoms with Gasteiger partial charge in [-0.25, -0.2) is 4.79 Å². The summed E-state index contributed by atoms with van der Waals surface area (Å²) >= 11 is 0. The maximum absolute atomic E-state index is 11.1. The highest BCUT2D eigenvalue weighted by Gasteiger charge is 2.35. The van der Waals surface area contributed by atoms with Crippen LogP contribution in [0.2, 0.25) is 0 Å². The Labute approximate surface area is 93.9 Å². The van der Waals surface area contributed by atoms with Crippen molar-refractivity contribution in [1.82, 2.24) is 10.2 Å². The van der Waals surface area contributed by atoms with E-state index in [1.807, 2.05) is 19.2 Å². The van der Waals surface area contributed by atoms with Gasteiger partial charge in [0.05, 0.1) is 6.10 Å². The summed E-state index contributed by atoms with van der Waals surface area (Å²) in [5.74, 6) is -1.61. The Kier molecular flexibility index (Phi) is 4.42. The summed E-state index contributed by atoms with van der Waals surface area (Å²) in [6.45, 7) is 4.74. The smallest absolute Gasteiger partial charge is 0.331 e. The van der Waals surface area contributed by atoms with Gasteiger partial charge >= 0.3 is 17.8 Å². The fourth-order valence-electron chi connectivity index (χ4n) is 1.33. The summed E-state index contributed by atoms with van der Waals surface area (Å²) in [6, 6.07) is -0.625. The summed E-state index contributed by atoms with van der Waals surface area (Å²) in [6.07, 6.45) is 1.57. The number of carbonyl (C=O) groups is 3. The van der Waals surface area contributed by atoms with Gasteiger partial charge in [0.2, 0.25) is 0 Å². The Morgan fingerprint density at radius 1 is 1.25 bits per heavy atom. The fraction of sp³-hybridized carbons (Fsp3) is 0.700. The summed E-state index contributed by atoms with van der Waals surface area (Å²) < 4.78 is 5.31. The van der Waals surface area contributed by atoms with Crippen LogP contribution in [0.5, 0.6) is 0 Å². The first-order valence-electron chi connectivity index (χ1n) is 5.30. The van der Waals surface area contributed by atoms with Gasteiger partial charge in [0.1, 0.15) is 0 Å². The van der Waals surface area contributed by atoms with E-state index in [0.717, 1.165) is 11.3 Å². The number of imide groups is 2. The number of urea groups is 1. The highest BCUT2D eigenvalue weighted by Crippen LogP contribution is 2.03. The number of amides is 4. The molecule has 0 aliphatic carbocycles. The Morgan fingerprint density at radius 3 is 2.44 bits per heavy atom. The molecule has 1 aliphatic heterocycles. The molecule has 0 bridgehead atoms. The molecular weight excluding hydrogens is 212 g/mol. The van der Waals surface area contributed by atoms with E-state index in [-0.39, 0.29) is 12.6 Å². The minimum absolute atomic E-state index is 0.179. The molecule has 0 aromatic heterocycles. The normalized spacial score (nSPS) is 16.2. The van der Waals surface area contributed by atoms with Crippen molar-refractivity contribution in [1.29, 1.82) is 0 Å². The topological polar surface area (TPSA) is 75.7 Å². The molecule has 90 valence electrons. The van der Waals surface area contributed by atoms with E-state index >= 15 is 0 Å². The molecule has 0 unspecified atom stereocenters. The Balaban J connectivity index is 2.20. The van der Waals surface area contributed by atoms with Crippen LogP contribution in [0.3, 0.4) is 0 Å². The number of rotatable bonds is 6. The number of ether oxygens (including phenoxy) is 1. The number of hydrogen-bond acceptors (Lipinski definition) is 4. The van der Waals surface area contributed by atoms with E-state index < -0.39 is 17.8 Å². The van der Waals surface area contributed by atoms with Crippen LogP contribution in [0.15, 0.2) is 0 Å². The number of nitrogens with one attached hydrogen (secondary N) is 1. The first kappa shape index (κ1) is 12.6. The highest BCUT2D eigenvalue weighted by molar-refractivity contribution is 6.44. The third-order valence-electron chi connectivity index (χ3n) is 2.13. The number of nitrogens with zero attached hydrogens (tertiary/aromatic N) is 1. The van der Waals surface area contributed by atoms with Crippen LogP contribution in [0, 0.1) is 0 Å². The molecule has 1 heterocycles. The second-order valence-corrected chi connectivity index (χ2v) is 3.84. The van der Waals surface area contributed by atoms with E-state index in [1.54, 1.807) is 0 Å². The molecule has 6 nitrogen and oxygen atoms in total. The van der Waals surface area contributed by atoms with Crippen LogP contribution in [0.1, 0.15) is 26.7 Å². The molecule has 6 heteroatoms. The standard InChI is InChI=1S/C10H16N2O4/c1-7(2)16-6-4-3-5-12-9(14)8(13)11-10(12)15/h7H,3-6H2,1-2H3,(H,11,13,15). The lowest BCUT2D eigenvalue weighted by atomic mass is 10.3. The number of hydrogen-bond donors (Lipinski definition) is 1. The van der Waals surface area contributed by atoms with Crippen LogP contribution in [0.4, 0.5) is 4.79 Å². The molecule has 0 spiro atoms. The van der Waals surface area contributed by atoms with Crippen molar-refractivity contribution >= 4 is 17.8 Å². The van der Waals surface area contributed by atoms with E-state index in [1.165, 1.54) is 0 Å². The molecule has 16 heavy (non-hydrogen) atoms. The molecule has 0 aromatic carbocycles. The molecule has 1 saturated heterocycles. The zero-order chi connectivity index (χ0) is 12.1. The third-order valence-corrected chi connectivity index (χ3v) is 2.13. The summed E-state index contributed by atoms with van der Waals surface area (Å²) in [4.78, 5) is 34.0. The van der Waals surface area contributed by atoms with Gasteiger partial charge in [0, 0.05) is 13.2 Å². The number of carbonyl (C=O) groups excluding carboxylic acids is 3. The lowest BCUT2D eigenvalue weighted by Crippen LogP contribution is -2.32. The summed E-state index contributed by atoms with van der Waals surface area (Å²) in [7, 11) is 0. The van der Waals surface area contributed by atoms with Crippen molar-refractivity contribution in [3.63, 3.8) is 0 Å². The average molecular weight is 228 g/mol. The van der Waals surface area contributed by atoms with E-state index in [2.05, 4.69) is 0 Å². The van der Waals surface area contributed by atoms with Crippen molar-refractivity contribution < 1.29 is 19.1 Å². The quantitative estimate of drug-likeness (QED) is 0.402. The molecule has 0 radical (unpaired) electrons. The van der Waals surface area contributed by atoms with Crippen molar-refractivity contribution in [2.45, 2.75) is 32.8 Å². The first-order valence-corrected chi connectivity index (χ1v) is 5.30. The van der Waals surface area contributed by atoms with Crippen molar-refractivity contribution in [2.75, 3.05) is 13.2 Å². The minimum atomic E-state index is -0.844. The predicted octanol–water partition coefficient (Wildman–Crippen LogP) is 0.270. The van der Waals surface area contributed by atoms with Gasteiger partial charge in [-0.05, 0) is 26.7 Å². The average Bonchev–Trinajstić information content (AvgIpc) is 2.43. The Morgan fingerprint density at radius 2 is 1.94 bits per heavy atom. The number of unbranched alkanes of at least 4 members (excludes halogenated alkanes) is 1. The third kappa shape index (κ3) is 3.30. The van der Waals surface area contributed by atoms with Crippen molar-refractivity contribution in [3.8, 4) is 0 Å². The van der Waals surface area contributed by atoms with Crippen LogP contribution >= 0.6 is 0 Å². The zero-order valence-corrected chi connectivity index (χ0v) is 9.49. The molecule has 1 N–H and O–H groups in total. The predicted molar refractivity (Wildman–Crippen MR) is 55.6 cm³/mol. The summed E-state index contributed by atoms with van der Waals surface area (Å²) in [5.41, 5.74) is 0. The molecular formula is C10H16N2O4. The molecule has 1 aliphatic rings. The molecule has 0 saturated carbocycles. The Bertz CT molecular complexity index is 301. The molecule has 1 fully saturated rings. The van der Waals surface area contributed by atoms with Crippen LogP contribution < -0.4 is 5.32 Å². The van der Waals surface area contributed by atoms with Crippen LogP contribution in [-0.4, -0.2) is 42.0 Å². The lowest BCUT2D eigenvalue weighted by molar-refractivity contribution is -0.140. The van der Waals surface area contributed by atoms with Gasteiger partial charge in [-0.15, -0.1) is 0 Å². The fourth-order valence-corrected chi connectivity index (χ4v) is 1.33. The van der Waals surface area contributed by atoms with Crippen LogP contribution in [-0.2, 0) is 14.3 Å². The van der Waals surface area contributed by atoms with Gasteiger partial charge in [0.15, 0.2) is 0 Å². The largest absolute Gasteiger partial charge is 0.379 e. The molecule has 4 amide bonds. The van der Waals surface area contributed by atoms with E-state index in [0.29, 0.717) is 13.0 Å². The SMILES string of the molecule is CC(C)OCCCCN1C(=O)NC(=O)C1=O. The van der Waals surface area contributed by atoms with Crippen molar-refractivity contribution in [2.24, 2.45) is 0 Å². The first-order chi connectivity index (χ1) is 7.52. The minimum Gasteiger partial charge on any atom is -0.379 e. The maximum Gasteiger partial charge on any atom is 0.331 e. The van der Waals surface area contributed by atoms with Crippen molar-refractivity contribution in [3.05, 3.63) is 0 Å². The molecule has 1 rings (SSSR count). The van der Waals surface area contributed by atoms with E-state index in [4.69, 9.17) is 4.74 Å². The van der Waals surface area contributed by atoms with Crippen LogP contribution in [0.25, 0.3) is 0 Å². The lowest BCUT2D eigenvalue weighted by Gasteiger charge is -2.11. The molecule has 0 atom stereocenters. The van der Waals surface area contributed by atoms with Gasteiger partial charge in [-0.1, -0.05) is 0 Å². The second-order valence-electron chi connectivity index (χ2n) is 3.84. The van der Waals surface area contributed by atoms with Gasteiger partial charge in [-0.3, -0.25) is 19.8 Å². The van der Waals surface area contributed by atoms with Gasteiger partial charge in [0.25, 0.3) is 0 Å². The maximum atomic E-state index is 11.1. The molecule has 0 aromatic rings. The van der Waals surface area contributed by atoms with Gasteiger partial charge in [-0.2, -0.15) is 0 Å². The van der Waals surface area contributed by atoms with Gasteiger partial charge < -0.3 is 4.74 Å².